The highest BCUT2D eigenvalue weighted by Gasteiger charge is 2.15. The number of hydrogen-bond donors (Lipinski definition) is 1. The third-order valence-electron chi connectivity index (χ3n) is 4.04. The van der Waals surface area contributed by atoms with Crippen LogP contribution >= 0.6 is 0 Å². The fourth-order valence-electron chi connectivity index (χ4n) is 2.63. The number of nitrogens with one attached hydrogen (secondary N) is 1. The Kier molecular flexibility index (Phi) is 7.03. The minimum atomic E-state index is -3.45. The van der Waals surface area contributed by atoms with Gasteiger partial charge in [-0.2, -0.15) is 0 Å². The van der Waals surface area contributed by atoms with Gasteiger partial charge in [0.25, 0.3) is 0 Å². The summed E-state index contributed by atoms with van der Waals surface area (Å²) in [6.45, 7) is 9.53. The second-order valence-electron chi connectivity index (χ2n) is 6.53. The van der Waals surface area contributed by atoms with Crippen molar-refractivity contribution in [2.75, 3.05) is 46.3 Å². The summed E-state index contributed by atoms with van der Waals surface area (Å²) in [6.07, 6.45) is 0.887. The van der Waals surface area contributed by atoms with Gasteiger partial charge in [-0.3, -0.25) is 0 Å². The van der Waals surface area contributed by atoms with Crippen LogP contribution in [0, 0.1) is 0 Å². The maximum absolute atomic E-state index is 12.3. The lowest BCUT2D eigenvalue weighted by Crippen LogP contribution is -2.45. The van der Waals surface area contributed by atoms with E-state index < -0.39 is 10.0 Å². The topological polar surface area (TPSA) is 61.9 Å². The molecule has 0 aliphatic carbocycles. The lowest BCUT2D eigenvalue weighted by Gasteiger charge is -2.32. The summed E-state index contributed by atoms with van der Waals surface area (Å²) in [5.41, 5.74) is 0. The molecule has 7 heteroatoms. The quantitative estimate of drug-likeness (QED) is 0.714. The Balaban J connectivity index is 1.76. The van der Waals surface area contributed by atoms with Crippen molar-refractivity contribution in [1.82, 2.24) is 14.5 Å². The summed E-state index contributed by atoms with van der Waals surface area (Å²) in [5.74, 6) is 0.680. The van der Waals surface area contributed by atoms with E-state index >= 15 is 0 Å². The number of rotatable bonds is 8. The molecule has 1 fully saturated rings. The predicted molar refractivity (Wildman–Crippen MR) is 95.9 cm³/mol. The van der Waals surface area contributed by atoms with Crippen molar-refractivity contribution in [3.8, 4) is 5.75 Å². The Morgan fingerprint density at radius 2 is 1.75 bits per heavy atom. The monoisotopic (exact) mass is 355 g/mol. The van der Waals surface area contributed by atoms with E-state index in [1.807, 2.05) is 13.8 Å². The highest BCUT2D eigenvalue weighted by atomic mass is 32.2. The minimum Gasteiger partial charge on any atom is -0.491 e. The first-order valence-electron chi connectivity index (χ1n) is 8.54. The molecule has 24 heavy (non-hydrogen) atoms. The molecule has 0 atom stereocenters. The van der Waals surface area contributed by atoms with Crippen molar-refractivity contribution in [2.24, 2.45) is 0 Å². The van der Waals surface area contributed by atoms with Crippen LogP contribution < -0.4 is 9.46 Å². The molecule has 0 radical (unpaired) electrons. The number of nitrogens with zero attached hydrogens (tertiary/aromatic N) is 2. The van der Waals surface area contributed by atoms with E-state index in [9.17, 15) is 8.42 Å². The second kappa shape index (κ2) is 8.80. The molecule has 0 saturated carbocycles. The second-order valence-corrected chi connectivity index (χ2v) is 8.30. The molecule has 0 aromatic heterocycles. The molecular weight excluding hydrogens is 326 g/mol. The van der Waals surface area contributed by atoms with Crippen LogP contribution in [0.4, 0.5) is 0 Å². The van der Waals surface area contributed by atoms with Gasteiger partial charge in [-0.05, 0) is 58.1 Å². The Hall–Kier alpha value is -1.15. The smallest absolute Gasteiger partial charge is 0.240 e. The maximum Gasteiger partial charge on any atom is 0.240 e. The van der Waals surface area contributed by atoms with Gasteiger partial charge in [0.15, 0.2) is 0 Å². The molecule has 2 rings (SSSR count). The van der Waals surface area contributed by atoms with E-state index in [1.165, 1.54) is 0 Å². The molecule has 1 aromatic rings. The number of benzene rings is 1. The van der Waals surface area contributed by atoms with Gasteiger partial charge in [-0.1, -0.05) is 0 Å². The number of ether oxygens (including phenoxy) is 1. The van der Waals surface area contributed by atoms with Crippen molar-refractivity contribution in [1.29, 1.82) is 0 Å². The fraction of sp³-hybridized carbons (Fsp3) is 0.647. The van der Waals surface area contributed by atoms with E-state index in [1.54, 1.807) is 24.3 Å². The predicted octanol–water partition coefficient (Wildman–Crippen LogP) is 1.39. The van der Waals surface area contributed by atoms with Gasteiger partial charge in [-0.25, -0.2) is 13.1 Å². The SMILES string of the molecule is CC(C)Oc1ccc(S(=O)(=O)NCCCN2CCN(C)CC2)cc1. The molecule has 1 aromatic carbocycles. The first-order chi connectivity index (χ1) is 11.4. The van der Waals surface area contributed by atoms with Crippen LogP contribution in [-0.4, -0.2) is 70.6 Å². The summed E-state index contributed by atoms with van der Waals surface area (Å²) in [6, 6.07) is 6.55. The van der Waals surface area contributed by atoms with Crippen LogP contribution in [0.5, 0.6) is 5.75 Å². The molecule has 1 N–H and O–H groups in total. The van der Waals surface area contributed by atoms with E-state index in [2.05, 4.69) is 21.6 Å². The Labute approximate surface area is 145 Å². The zero-order valence-corrected chi connectivity index (χ0v) is 15.7. The van der Waals surface area contributed by atoms with Crippen molar-refractivity contribution in [3.63, 3.8) is 0 Å². The number of piperazine rings is 1. The number of sulfonamides is 1. The summed E-state index contributed by atoms with van der Waals surface area (Å²) in [4.78, 5) is 4.97. The van der Waals surface area contributed by atoms with Crippen LogP contribution in [0.1, 0.15) is 20.3 Å². The third kappa shape index (κ3) is 6.05. The molecule has 136 valence electrons. The highest BCUT2D eigenvalue weighted by molar-refractivity contribution is 7.89. The summed E-state index contributed by atoms with van der Waals surface area (Å²) < 4.78 is 32.8. The molecule has 6 nitrogen and oxygen atoms in total. The first kappa shape index (κ1) is 19.2. The lowest BCUT2D eigenvalue weighted by molar-refractivity contribution is 0.153. The largest absolute Gasteiger partial charge is 0.491 e. The Morgan fingerprint density at radius 1 is 1.12 bits per heavy atom. The lowest BCUT2D eigenvalue weighted by atomic mass is 10.3. The number of likely N-dealkylation sites (N-methyl/N-ethyl adjacent to an activating group) is 1. The minimum absolute atomic E-state index is 0.0696. The molecule has 1 heterocycles. The molecule has 1 aliphatic rings. The van der Waals surface area contributed by atoms with Gasteiger partial charge in [0.1, 0.15) is 5.75 Å². The van der Waals surface area contributed by atoms with Crippen LogP contribution in [-0.2, 0) is 10.0 Å². The van der Waals surface area contributed by atoms with Crippen LogP contribution in [0.3, 0.4) is 0 Å². The molecule has 0 spiro atoms. The van der Waals surface area contributed by atoms with Crippen molar-refractivity contribution in [3.05, 3.63) is 24.3 Å². The van der Waals surface area contributed by atoms with E-state index in [-0.39, 0.29) is 11.0 Å². The van der Waals surface area contributed by atoms with E-state index in [4.69, 9.17) is 4.74 Å². The summed E-state index contributed by atoms with van der Waals surface area (Å²) >= 11 is 0. The summed E-state index contributed by atoms with van der Waals surface area (Å²) in [7, 11) is -1.32. The highest BCUT2D eigenvalue weighted by Crippen LogP contribution is 2.17. The Bertz CT molecular complexity index is 594. The Morgan fingerprint density at radius 3 is 2.33 bits per heavy atom. The van der Waals surface area contributed by atoms with Gasteiger partial charge in [-0.15, -0.1) is 0 Å². The van der Waals surface area contributed by atoms with Crippen molar-refractivity contribution in [2.45, 2.75) is 31.3 Å². The third-order valence-corrected chi connectivity index (χ3v) is 5.52. The van der Waals surface area contributed by atoms with Gasteiger partial charge < -0.3 is 14.5 Å². The fourth-order valence-corrected chi connectivity index (χ4v) is 3.71. The maximum atomic E-state index is 12.3. The first-order valence-corrected chi connectivity index (χ1v) is 10.0. The molecule has 1 saturated heterocycles. The molecule has 1 aliphatic heterocycles. The van der Waals surface area contributed by atoms with Gasteiger partial charge in [0, 0.05) is 32.7 Å². The van der Waals surface area contributed by atoms with Crippen LogP contribution in [0.25, 0.3) is 0 Å². The summed E-state index contributed by atoms with van der Waals surface area (Å²) in [5, 5.41) is 0. The standard InChI is InChI=1S/C17H29N3O3S/c1-15(2)23-16-5-7-17(8-6-16)24(21,22)18-9-4-10-20-13-11-19(3)12-14-20/h5-8,15,18H,4,9-14H2,1-3H3. The van der Waals surface area contributed by atoms with Gasteiger partial charge in [0.05, 0.1) is 11.0 Å². The van der Waals surface area contributed by atoms with Crippen LogP contribution in [0.15, 0.2) is 29.2 Å². The van der Waals surface area contributed by atoms with Gasteiger partial charge >= 0.3 is 0 Å². The van der Waals surface area contributed by atoms with E-state index in [0.29, 0.717) is 12.3 Å². The molecule has 0 unspecified atom stereocenters. The normalized spacial score (nSPS) is 17.3. The molecular formula is C17H29N3O3S. The van der Waals surface area contributed by atoms with E-state index in [0.717, 1.165) is 39.1 Å². The molecule has 0 amide bonds. The van der Waals surface area contributed by atoms with Crippen molar-refractivity contribution < 1.29 is 13.2 Å². The zero-order valence-electron chi connectivity index (χ0n) is 14.9. The number of hydrogen-bond acceptors (Lipinski definition) is 5. The average Bonchev–Trinajstić information content (AvgIpc) is 2.53. The van der Waals surface area contributed by atoms with Crippen molar-refractivity contribution >= 4 is 10.0 Å². The van der Waals surface area contributed by atoms with Crippen LogP contribution in [0.2, 0.25) is 0 Å². The molecule has 0 bridgehead atoms. The average molecular weight is 356 g/mol. The zero-order chi connectivity index (χ0) is 17.6. The van der Waals surface area contributed by atoms with Gasteiger partial charge in [0.2, 0.25) is 10.0 Å².